The van der Waals surface area contributed by atoms with Crippen molar-refractivity contribution in [3.8, 4) is 0 Å². The number of ether oxygens (including phenoxy) is 1. The van der Waals surface area contributed by atoms with Gasteiger partial charge in [-0.3, -0.25) is 0 Å². The molecule has 1 heteroatoms. The van der Waals surface area contributed by atoms with Crippen LogP contribution in [0.15, 0.2) is 0 Å². The molecule has 0 aromatic rings. The Morgan fingerprint density at radius 2 is 1.55 bits per heavy atom. The first-order valence-corrected chi connectivity index (χ1v) is 4.38. The lowest BCUT2D eigenvalue weighted by atomic mass is 9.80. The maximum absolute atomic E-state index is 5.38. The van der Waals surface area contributed by atoms with Crippen molar-refractivity contribution in [3.63, 3.8) is 0 Å². The predicted octanol–water partition coefficient (Wildman–Crippen LogP) is 3.24. The molecule has 11 heavy (non-hydrogen) atoms. The van der Waals surface area contributed by atoms with Crippen LogP contribution in [0.1, 0.15) is 47.5 Å². The molecule has 68 valence electrons. The lowest BCUT2D eigenvalue weighted by Crippen LogP contribution is -2.30. The fraction of sp³-hybridized carbons (Fsp3) is 1.00. The molecule has 0 radical (unpaired) electrons. The highest BCUT2D eigenvalue weighted by atomic mass is 16.5. The maximum atomic E-state index is 5.38. The summed E-state index contributed by atoms with van der Waals surface area (Å²) < 4.78 is 5.38. The molecule has 0 aliphatic carbocycles. The van der Waals surface area contributed by atoms with Gasteiger partial charge in [0, 0.05) is 7.11 Å². The number of methoxy groups -OCH3 is 1. The van der Waals surface area contributed by atoms with Gasteiger partial charge in [-0.25, -0.2) is 0 Å². The van der Waals surface area contributed by atoms with Crippen molar-refractivity contribution in [1.29, 1.82) is 0 Å². The molecule has 0 aliphatic rings. The lowest BCUT2D eigenvalue weighted by molar-refractivity contribution is -0.0136. The molecule has 0 aromatic heterocycles. The van der Waals surface area contributed by atoms with Gasteiger partial charge in [-0.2, -0.15) is 0 Å². The molecule has 0 rings (SSSR count). The Morgan fingerprint density at radius 1 is 1.09 bits per heavy atom. The van der Waals surface area contributed by atoms with Gasteiger partial charge in [0.05, 0.1) is 5.60 Å². The Morgan fingerprint density at radius 3 is 1.82 bits per heavy atom. The third kappa shape index (κ3) is 4.41. The van der Waals surface area contributed by atoms with Crippen molar-refractivity contribution in [2.24, 2.45) is 5.41 Å². The quantitative estimate of drug-likeness (QED) is 0.610. The summed E-state index contributed by atoms with van der Waals surface area (Å²) in [6.07, 6.45) is 2.33. The third-order valence-electron chi connectivity index (χ3n) is 2.41. The molecule has 0 heterocycles. The van der Waals surface area contributed by atoms with Crippen LogP contribution >= 0.6 is 0 Å². The summed E-state index contributed by atoms with van der Waals surface area (Å²) in [6.45, 7) is 11.1. The summed E-state index contributed by atoms with van der Waals surface area (Å²) in [5.74, 6) is 0. The van der Waals surface area contributed by atoms with E-state index in [0.717, 1.165) is 6.42 Å². The first-order valence-electron chi connectivity index (χ1n) is 4.38. The molecule has 1 nitrogen and oxygen atoms in total. The van der Waals surface area contributed by atoms with Gasteiger partial charge < -0.3 is 4.74 Å². The first kappa shape index (κ1) is 11.0. The first-order chi connectivity index (χ1) is 4.83. The SMILES string of the molecule is CCC(C)(C)CC(C)(C)OC. The topological polar surface area (TPSA) is 9.23 Å². The number of rotatable bonds is 4. The highest BCUT2D eigenvalue weighted by molar-refractivity contribution is 4.78. The van der Waals surface area contributed by atoms with Crippen LogP contribution in [0, 0.1) is 5.41 Å². The number of hydrogen-bond donors (Lipinski definition) is 0. The van der Waals surface area contributed by atoms with Crippen LogP contribution in [0.4, 0.5) is 0 Å². The Hall–Kier alpha value is -0.0400. The van der Waals surface area contributed by atoms with E-state index in [1.165, 1.54) is 6.42 Å². The zero-order valence-corrected chi connectivity index (χ0v) is 8.82. The van der Waals surface area contributed by atoms with Gasteiger partial charge in [-0.05, 0) is 25.7 Å². The second kappa shape index (κ2) is 3.57. The van der Waals surface area contributed by atoms with Gasteiger partial charge in [0.25, 0.3) is 0 Å². The van der Waals surface area contributed by atoms with E-state index in [2.05, 4.69) is 34.6 Å². The molecule has 0 N–H and O–H groups in total. The molecule has 0 amide bonds. The molecule has 0 bridgehead atoms. The van der Waals surface area contributed by atoms with Crippen LogP contribution < -0.4 is 0 Å². The third-order valence-corrected chi connectivity index (χ3v) is 2.41. The predicted molar refractivity (Wildman–Crippen MR) is 49.8 cm³/mol. The summed E-state index contributed by atoms with van der Waals surface area (Å²) in [6, 6.07) is 0. The summed E-state index contributed by atoms with van der Waals surface area (Å²) >= 11 is 0. The highest BCUT2D eigenvalue weighted by Gasteiger charge is 2.26. The van der Waals surface area contributed by atoms with Crippen LogP contribution in [0.2, 0.25) is 0 Å². The van der Waals surface area contributed by atoms with Gasteiger partial charge in [0.2, 0.25) is 0 Å². The standard InChI is InChI=1S/C10H22O/c1-7-9(2,3)8-10(4,5)11-6/h7-8H2,1-6H3. The normalized spacial score (nSPS) is 13.6. The van der Waals surface area contributed by atoms with Crippen LogP contribution in [0.3, 0.4) is 0 Å². The fourth-order valence-corrected chi connectivity index (χ4v) is 1.35. The molecule has 0 saturated heterocycles. The van der Waals surface area contributed by atoms with E-state index in [-0.39, 0.29) is 5.60 Å². The van der Waals surface area contributed by atoms with Crippen LogP contribution in [0.5, 0.6) is 0 Å². The molecular weight excluding hydrogens is 136 g/mol. The van der Waals surface area contributed by atoms with Crippen molar-refractivity contribution >= 4 is 0 Å². The van der Waals surface area contributed by atoms with E-state index in [0.29, 0.717) is 5.41 Å². The molecular formula is C10H22O. The van der Waals surface area contributed by atoms with Crippen molar-refractivity contribution in [1.82, 2.24) is 0 Å². The molecule has 0 spiro atoms. The monoisotopic (exact) mass is 158 g/mol. The maximum Gasteiger partial charge on any atom is 0.0627 e. The van der Waals surface area contributed by atoms with Crippen molar-refractivity contribution in [3.05, 3.63) is 0 Å². The second-order valence-corrected chi connectivity index (χ2v) is 4.66. The second-order valence-electron chi connectivity index (χ2n) is 4.66. The summed E-state index contributed by atoms with van der Waals surface area (Å²) in [7, 11) is 1.78. The Bertz CT molecular complexity index is 100. The van der Waals surface area contributed by atoms with Crippen molar-refractivity contribution in [2.75, 3.05) is 7.11 Å². The van der Waals surface area contributed by atoms with E-state index in [9.17, 15) is 0 Å². The molecule has 0 unspecified atom stereocenters. The average Bonchev–Trinajstić information content (AvgIpc) is 1.86. The minimum absolute atomic E-state index is 0.0273. The molecule has 0 fully saturated rings. The van der Waals surface area contributed by atoms with Gasteiger partial charge in [0.15, 0.2) is 0 Å². The van der Waals surface area contributed by atoms with Gasteiger partial charge >= 0.3 is 0 Å². The Labute approximate surface area is 71.1 Å². The Balaban J connectivity index is 4.02. The van der Waals surface area contributed by atoms with E-state index < -0.39 is 0 Å². The minimum Gasteiger partial charge on any atom is -0.379 e. The summed E-state index contributed by atoms with van der Waals surface area (Å²) in [5.41, 5.74) is 0.430. The lowest BCUT2D eigenvalue weighted by Gasteiger charge is -2.33. The van der Waals surface area contributed by atoms with Crippen molar-refractivity contribution in [2.45, 2.75) is 53.1 Å². The molecule has 0 saturated carbocycles. The van der Waals surface area contributed by atoms with Crippen LogP contribution in [0.25, 0.3) is 0 Å². The Kier molecular flexibility index (Phi) is 3.56. The molecule has 0 atom stereocenters. The van der Waals surface area contributed by atoms with E-state index >= 15 is 0 Å². The summed E-state index contributed by atoms with van der Waals surface area (Å²) in [5, 5.41) is 0. The van der Waals surface area contributed by atoms with Crippen LogP contribution in [-0.4, -0.2) is 12.7 Å². The van der Waals surface area contributed by atoms with Gasteiger partial charge in [-0.15, -0.1) is 0 Å². The zero-order valence-electron chi connectivity index (χ0n) is 8.82. The van der Waals surface area contributed by atoms with Crippen molar-refractivity contribution < 1.29 is 4.74 Å². The smallest absolute Gasteiger partial charge is 0.0627 e. The van der Waals surface area contributed by atoms with E-state index in [1.54, 1.807) is 7.11 Å². The fourth-order valence-electron chi connectivity index (χ4n) is 1.35. The molecule has 0 aliphatic heterocycles. The average molecular weight is 158 g/mol. The minimum atomic E-state index is 0.0273. The zero-order chi connectivity index (χ0) is 9.12. The molecule has 0 aromatic carbocycles. The number of hydrogen-bond acceptors (Lipinski definition) is 1. The van der Waals surface area contributed by atoms with Crippen LogP contribution in [-0.2, 0) is 4.74 Å². The largest absolute Gasteiger partial charge is 0.379 e. The van der Waals surface area contributed by atoms with Gasteiger partial charge in [0.1, 0.15) is 0 Å². The van der Waals surface area contributed by atoms with E-state index in [1.807, 2.05) is 0 Å². The highest BCUT2D eigenvalue weighted by Crippen LogP contribution is 2.32. The van der Waals surface area contributed by atoms with Gasteiger partial charge in [-0.1, -0.05) is 27.2 Å². The van der Waals surface area contributed by atoms with E-state index in [4.69, 9.17) is 4.74 Å². The summed E-state index contributed by atoms with van der Waals surface area (Å²) in [4.78, 5) is 0.